The molecule has 0 fully saturated rings. The van der Waals surface area contributed by atoms with Crippen molar-refractivity contribution in [2.75, 3.05) is 0 Å². The van der Waals surface area contributed by atoms with Crippen molar-refractivity contribution in [2.24, 2.45) is 11.0 Å². The first-order valence-corrected chi connectivity index (χ1v) is 6.31. The molecule has 3 rings (SSSR count). The number of nitrogens with zero attached hydrogens (tertiary/aromatic N) is 1. The second-order valence-electron chi connectivity index (χ2n) is 4.58. The highest BCUT2D eigenvalue weighted by atomic mass is 16.2. The number of rotatable bonds is 3. The average molecular weight is 250 g/mol. The van der Waals surface area contributed by atoms with Crippen molar-refractivity contribution in [3.05, 3.63) is 71.8 Å². The van der Waals surface area contributed by atoms with Gasteiger partial charge in [-0.25, -0.2) is 5.43 Å². The summed E-state index contributed by atoms with van der Waals surface area (Å²) in [4.78, 5) is 11.9. The minimum absolute atomic E-state index is 0.0253. The summed E-state index contributed by atoms with van der Waals surface area (Å²) in [6.07, 6.45) is 0.681. The maximum absolute atomic E-state index is 11.9. The van der Waals surface area contributed by atoms with Crippen LogP contribution in [0.3, 0.4) is 0 Å². The molecule has 1 aliphatic rings. The van der Waals surface area contributed by atoms with Crippen LogP contribution in [0.2, 0.25) is 0 Å². The summed E-state index contributed by atoms with van der Waals surface area (Å²) in [5.74, 6) is -0.229. The SMILES string of the molecule is O=C1NN=C(c2ccccc2)[C@H]1Cc1ccccc1. The van der Waals surface area contributed by atoms with Crippen molar-refractivity contribution in [3.63, 3.8) is 0 Å². The maximum Gasteiger partial charge on any atom is 0.249 e. The fraction of sp³-hybridized carbons (Fsp3) is 0.125. The van der Waals surface area contributed by atoms with E-state index in [4.69, 9.17) is 0 Å². The van der Waals surface area contributed by atoms with E-state index in [9.17, 15) is 4.79 Å². The Morgan fingerprint density at radius 3 is 2.26 bits per heavy atom. The molecule has 1 atom stereocenters. The molecule has 1 N–H and O–H groups in total. The third-order valence-electron chi connectivity index (χ3n) is 3.29. The van der Waals surface area contributed by atoms with E-state index in [1.54, 1.807) is 0 Å². The smallest absolute Gasteiger partial charge is 0.249 e. The molecule has 0 unspecified atom stereocenters. The standard InChI is InChI=1S/C16H14N2O/c19-16-14(11-12-7-3-1-4-8-12)15(17-18-16)13-9-5-2-6-10-13/h1-10,14H,11H2,(H,18,19)/t14-/m1/s1. The van der Waals surface area contributed by atoms with Crippen molar-refractivity contribution in [3.8, 4) is 0 Å². The number of carbonyl (C=O) groups is 1. The molecule has 0 radical (unpaired) electrons. The van der Waals surface area contributed by atoms with Crippen molar-refractivity contribution in [1.29, 1.82) is 0 Å². The van der Waals surface area contributed by atoms with E-state index < -0.39 is 0 Å². The van der Waals surface area contributed by atoms with E-state index in [1.807, 2.05) is 60.7 Å². The van der Waals surface area contributed by atoms with Crippen LogP contribution in [0, 0.1) is 5.92 Å². The second kappa shape index (κ2) is 5.06. The van der Waals surface area contributed by atoms with Crippen LogP contribution in [0.5, 0.6) is 0 Å². The molecule has 0 bridgehead atoms. The van der Waals surface area contributed by atoms with Crippen LogP contribution >= 0.6 is 0 Å². The van der Waals surface area contributed by atoms with Crippen molar-refractivity contribution in [2.45, 2.75) is 6.42 Å². The molecule has 2 aromatic carbocycles. The summed E-state index contributed by atoms with van der Waals surface area (Å²) in [6.45, 7) is 0. The van der Waals surface area contributed by atoms with E-state index in [0.29, 0.717) is 6.42 Å². The molecule has 0 saturated carbocycles. The van der Waals surface area contributed by atoms with E-state index in [2.05, 4.69) is 10.5 Å². The van der Waals surface area contributed by atoms with Gasteiger partial charge in [0.25, 0.3) is 0 Å². The quantitative estimate of drug-likeness (QED) is 0.892. The molecule has 2 aromatic rings. The molecule has 3 nitrogen and oxygen atoms in total. The number of hydrazone groups is 1. The van der Waals surface area contributed by atoms with Crippen LogP contribution in [0.25, 0.3) is 0 Å². The zero-order valence-electron chi connectivity index (χ0n) is 10.4. The van der Waals surface area contributed by atoms with Crippen molar-refractivity contribution in [1.82, 2.24) is 5.43 Å². The Balaban J connectivity index is 1.87. The highest BCUT2D eigenvalue weighted by molar-refractivity contribution is 6.16. The van der Waals surface area contributed by atoms with Gasteiger partial charge >= 0.3 is 0 Å². The summed E-state index contributed by atoms with van der Waals surface area (Å²) in [6, 6.07) is 19.9. The monoisotopic (exact) mass is 250 g/mol. The third-order valence-corrected chi connectivity index (χ3v) is 3.29. The largest absolute Gasteiger partial charge is 0.272 e. The van der Waals surface area contributed by atoms with E-state index in [0.717, 1.165) is 16.8 Å². The fourth-order valence-electron chi connectivity index (χ4n) is 2.31. The van der Waals surface area contributed by atoms with Gasteiger partial charge in [-0.3, -0.25) is 4.79 Å². The van der Waals surface area contributed by atoms with Crippen LogP contribution in [0.15, 0.2) is 65.8 Å². The molecule has 1 aliphatic heterocycles. The normalized spacial score (nSPS) is 18.0. The summed E-state index contributed by atoms with van der Waals surface area (Å²) >= 11 is 0. The molecular weight excluding hydrogens is 236 g/mol. The van der Waals surface area contributed by atoms with Crippen LogP contribution in [-0.2, 0) is 11.2 Å². The number of carbonyl (C=O) groups excluding carboxylic acids is 1. The molecule has 1 heterocycles. The first-order chi connectivity index (χ1) is 9.34. The Hall–Kier alpha value is -2.42. The van der Waals surface area contributed by atoms with Gasteiger partial charge in [0, 0.05) is 0 Å². The zero-order chi connectivity index (χ0) is 13.1. The van der Waals surface area contributed by atoms with Gasteiger partial charge in [-0.1, -0.05) is 60.7 Å². The van der Waals surface area contributed by atoms with E-state index in [1.165, 1.54) is 0 Å². The number of nitrogens with one attached hydrogen (secondary N) is 1. The molecule has 94 valence electrons. The third kappa shape index (κ3) is 2.40. The van der Waals surface area contributed by atoms with Gasteiger partial charge in [0.2, 0.25) is 5.91 Å². The van der Waals surface area contributed by atoms with Crippen LogP contribution in [0.4, 0.5) is 0 Å². The summed E-state index contributed by atoms with van der Waals surface area (Å²) in [5, 5.41) is 4.18. The Morgan fingerprint density at radius 1 is 0.947 bits per heavy atom. The van der Waals surface area contributed by atoms with Crippen LogP contribution < -0.4 is 5.43 Å². The Morgan fingerprint density at radius 2 is 1.58 bits per heavy atom. The fourth-order valence-corrected chi connectivity index (χ4v) is 2.31. The van der Waals surface area contributed by atoms with Gasteiger partial charge in [-0.05, 0) is 17.5 Å². The molecule has 3 heteroatoms. The molecule has 1 amide bonds. The lowest BCUT2D eigenvalue weighted by molar-refractivity contribution is -0.122. The van der Waals surface area contributed by atoms with Gasteiger partial charge in [0.1, 0.15) is 0 Å². The number of amides is 1. The number of benzene rings is 2. The lowest BCUT2D eigenvalue weighted by Gasteiger charge is -2.10. The Kier molecular flexibility index (Phi) is 3.11. The Bertz CT molecular complexity index is 605. The number of hydrogen-bond acceptors (Lipinski definition) is 2. The van der Waals surface area contributed by atoms with Crippen LogP contribution in [0.1, 0.15) is 11.1 Å². The molecule has 0 saturated heterocycles. The molecule has 0 aromatic heterocycles. The highest BCUT2D eigenvalue weighted by Crippen LogP contribution is 2.19. The maximum atomic E-state index is 11.9. The van der Waals surface area contributed by atoms with Gasteiger partial charge < -0.3 is 0 Å². The summed E-state index contributed by atoms with van der Waals surface area (Å²) in [7, 11) is 0. The van der Waals surface area contributed by atoms with Gasteiger partial charge in [-0.15, -0.1) is 0 Å². The zero-order valence-corrected chi connectivity index (χ0v) is 10.4. The molecule has 0 spiro atoms. The minimum atomic E-state index is -0.204. The second-order valence-corrected chi connectivity index (χ2v) is 4.58. The summed E-state index contributed by atoms with van der Waals surface area (Å²) in [5.41, 5.74) is 5.56. The predicted octanol–water partition coefficient (Wildman–Crippen LogP) is 2.38. The lowest BCUT2D eigenvalue weighted by atomic mass is 9.91. The minimum Gasteiger partial charge on any atom is -0.272 e. The van der Waals surface area contributed by atoms with Gasteiger partial charge in [0.15, 0.2) is 0 Å². The summed E-state index contributed by atoms with van der Waals surface area (Å²) < 4.78 is 0. The van der Waals surface area contributed by atoms with Crippen LogP contribution in [-0.4, -0.2) is 11.6 Å². The molecule has 19 heavy (non-hydrogen) atoms. The average Bonchev–Trinajstić information content (AvgIpc) is 2.82. The topological polar surface area (TPSA) is 41.5 Å². The Labute approximate surface area is 112 Å². The highest BCUT2D eigenvalue weighted by Gasteiger charge is 2.30. The predicted molar refractivity (Wildman–Crippen MR) is 74.8 cm³/mol. The van der Waals surface area contributed by atoms with E-state index >= 15 is 0 Å². The van der Waals surface area contributed by atoms with E-state index in [-0.39, 0.29) is 11.8 Å². The van der Waals surface area contributed by atoms with Crippen molar-refractivity contribution >= 4 is 11.6 Å². The first kappa shape index (κ1) is 11.7. The molecule has 0 aliphatic carbocycles. The first-order valence-electron chi connectivity index (χ1n) is 6.31. The van der Waals surface area contributed by atoms with Gasteiger partial charge in [-0.2, -0.15) is 5.10 Å². The lowest BCUT2D eigenvalue weighted by Crippen LogP contribution is -2.25. The van der Waals surface area contributed by atoms with Crippen molar-refractivity contribution < 1.29 is 4.79 Å². The number of hydrogen-bond donors (Lipinski definition) is 1. The molecular formula is C16H14N2O. The van der Waals surface area contributed by atoms with Gasteiger partial charge in [0.05, 0.1) is 11.6 Å².